The van der Waals surface area contributed by atoms with E-state index in [1.165, 1.54) is 0 Å². The average Bonchev–Trinajstić information content (AvgIpc) is 3.00. The molecule has 0 bridgehead atoms. The van der Waals surface area contributed by atoms with Crippen LogP contribution in [0.5, 0.6) is 0 Å². The van der Waals surface area contributed by atoms with E-state index in [0.29, 0.717) is 5.02 Å². The quantitative estimate of drug-likeness (QED) is 0.462. The van der Waals surface area contributed by atoms with Crippen molar-refractivity contribution in [3.63, 3.8) is 0 Å². The second-order valence-corrected chi connectivity index (χ2v) is 6.17. The van der Waals surface area contributed by atoms with Crippen molar-refractivity contribution < 1.29 is 0 Å². The summed E-state index contributed by atoms with van der Waals surface area (Å²) < 4.78 is 0. The lowest BCUT2D eigenvalue weighted by Crippen LogP contribution is -1.81. The number of fused-ring (bicyclic) bond motifs is 1. The van der Waals surface area contributed by atoms with E-state index in [0.717, 1.165) is 38.6 Å². The molecule has 0 atom stereocenters. The van der Waals surface area contributed by atoms with Gasteiger partial charge in [0.05, 0.1) is 11.0 Å². The van der Waals surface area contributed by atoms with E-state index in [-0.39, 0.29) is 0 Å². The Morgan fingerprint density at radius 3 is 1.96 bits per heavy atom. The zero-order valence-corrected chi connectivity index (χ0v) is 13.6. The van der Waals surface area contributed by atoms with Crippen LogP contribution in [0.15, 0.2) is 66.7 Å². The number of aromatic nitrogens is 2. The fourth-order valence-corrected chi connectivity index (χ4v) is 2.89. The van der Waals surface area contributed by atoms with Crippen LogP contribution in [0.3, 0.4) is 0 Å². The zero-order valence-electron chi connectivity index (χ0n) is 12.1. The molecule has 0 aliphatic heterocycles. The highest BCUT2D eigenvalue weighted by Crippen LogP contribution is 2.30. The normalized spacial score (nSPS) is 11.0. The Bertz CT molecular complexity index is 971. The fraction of sp³-hybridized carbons (Fsp3) is 0. The number of nitrogens with zero attached hydrogens (tertiary/aromatic N) is 1. The molecule has 1 N–H and O–H groups in total. The van der Waals surface area contributed by atoms with Gasteiger partial charge in [-0.3, -0.25) is 0 Å². The lowest BCUT2D eigenvalue weighted by molar-refractivity contribution is 1.34. The summed E-state index contributed by atoms with van der Waals surface area (Å²) in [5, 5.41) is 1.44. The van der Waals surface area contributed by atoms with Gasteiger partial charge in [0.1, 0.15) is 5.82 Å². The maximum atomic E-state index is 5.98. The first kappa shape index (κ1) is 14.3. The largest absolute Gasteiger partial charge is 0.338 e. The second kappa shape index (κ2) is 5.73. The van der Waals surface area contributed by atoms with Gasteiger partial charge in [-0.2, -0.15) is 0 Å². The first-order valence-electron chi connectivity index (χ1n) is 7.21. The van der Waals surface area contributed by atoms with Crippen LogP contribution >= 0.6 is 23.2 Å². The van der Waals surface area contributed by atoms with E-state index < -0.39 is 0 Å². The molecule has 3 aromatic carbocycles. The monoisotopic (exact) mass is 338 g/mol. The van der Waals surface area contributed by atoms with Crippen LogP contribution in [0.1, 0.15) is 0 Å². The molecule has 112 valence electrons. The van der Waals surface area contributed by atoms with Gasteiger partial charge in [-0.15, -0.1) is 0 Å². The lowest BCUT2D eigenvalue weighted by atomic mass is 10.0. The van der Waals surface area contributed by atoms with Crippen molar-refractivity contribution in [2.45, 2.75) is 0 Å². The SMILES string of the molecule is Clc1ccc(-c2nc3c(-c4ccc(Cl)cc4)cccc3[nH]2)cc1. The Balaban J connectivity index is 1.87. The topological polar surface area (TPSA) is 28.7 Å². The third kappa shape index (κ3) is 2.72. The minimum Gasteiger partial charge on any atom is -0.338 e. The van der Waals surface area contributed by atoms with Crippen LogP contribution < -0.4 is 0 Å². The second-order valence-electron chi connectivity index (χ2n) is 5.30. The third-order valence-electron chi connectivity index (χ3n) is 3.79. The maximum absolute atomic E-state index is 5.98. The third-order valence-corrected chi connectivity index (χ3v) is 4.29. The van der Waals surface area contributed by atoms with E-state index in [2.05, 4.69) is 11.1 Å². The smallest absolute Gasteiger partial charge is 0.138 e. The van der Waals surface area contributed by atoms with Gasteiger partial charge in [-0.1, -0.05) is 47.5 Å². The molecule has 0 fully saturated rings. The summed E-state index contributed by atoms with van der Waals surface area (Å²) in [6.45, 7) is 0. The number of para-hydroxylation sites is 1. The molecule has 0 unspecified atom stereocenters. The number of hydrogen-bond acceptors (Lipinski definition) is 1. The Labute approximate surface area is 143 Å². The molecule has 2 nitrogen and oxygen atoms in total. The van der Waals surface area contributed by atoms with Crippen molar-refractivity contribution in [1.82, 2.24) is 9.97 Å². The summed E-state index contributed by atoms with van der Waals surface area (Å²) in [6.07, 6.45) is 0. The van der Waals surface area contributed by atoms with E-state index in [1.54, 1.807) is 0 Å². The van der Waals surface area contributed by atoms with Crippen molar-refractivity contribution >= 4 is 34.2 Å². The molecular formula is C19H12Cl2N2. The fourth-order valence-electron chi connectivity index (χ4n) is 2.64. The first-order chi connectivity index (χ1) is 11.2. The van der Waals surface area contributed by atoms with E-state index in [1.807, 2.05) is 60.7 Å². The number of nitrogens with one attached hydrogen (secondary N) is 1. The first-order valence-corrected chi connectivity index (χ1v) is 7.97. The van der Waals surface area contributed by atoms with Crippen molar-refractivity contribution in [1.29, 1.82) is 0 Å². The van der Waals surface area contributed by atoms with Crippen LogP contribution in [0.25, 0.3) is 33.5 Å². The molecule has 0 aliphatic rings. The van der Waals surface area contributed by atoms with Gasteiger partial charge in [0.15, 0.2) is 0 Å². The molecule has 4 heteroatoms. The molecule has 0 spiro atoms. The Morgan fingerprint density at radius 1 is 0.696 bits per heavy atom. The minimum atomic E-state index is 0.715. The highest BCUT2D eigenvalue weighted by atomic mass is 35.5. The predicted octanol–water partition coefficient (Wildman–Crippen LogP) is 6.20. The van der Waals surface area contributed by atoms with Gasteiger partial charge in [0.25, 0.3) is 0 Å². The Hall–Kier alpha value is -2.29. The van der Waals surface area contributed by atoms with Crippen LogP contribution in [-0.2, 0) is 0 Å². The predicted molar refractivity (Wildman–Crippen MR) is 97.0 cm³/mol. The van der Waals surface area contributed by atoms with Crippen LogP contribution in [0.2, 0.25) is 10.0 Å². The molecule has 0 saturated heterocycles. The van der Waals surface area contributed by atoms with E-state index in [9.17, 15) is 0 Å². The standard InChI is InChI=1S/C19H12Cl2N2/c20-14-8-4-12(5-9-14)16-2-1-3-17-18(16)23-19(22-17)13-6-10-15(21)11-7-13/h1-11H,(H,22,23). The van der Waals surface area contributed by atoms with Gasteiger partial charge in [0.2, 0.25) is 0 Å². The van der Waals surface area contributed by atoms with Crippen LogP contribution in [0.4, 0.5) is 0 Å². The summed E-state index contributed by atoms with van der Waals surface area (Å²) >= 11 is 11.9. The molecule has 4 aromatic rings. The van der Waals surface area contributed by atoms with Crippen molar-refractivity contribution in [2.24, 2.45) is 0 Å². The minimum absolute atomic E-state index is 0.715. The molecule has 0 saturated carbocycles. The number of rotatable bonds is 2. The summed E-state index contributed by atoms with van der Waals surface area (Å²) in [7, 11) is 0. The summed E-state index contributed by atoms with van der Waals surface area (Å²) in [4.78, 5) is 8.15. The Kier molecular flexibility index (Phi) is 3.56. The maximum Gasteiger partial charge on any atom is 0.138 e. The van der Waals surface area contributed by atoms with Crippen molar-refractivity contribution in [2.75, 3.05) is 0 Å². The molecule has 23 heavy (non-hydrogen) atoms. The molecule has 0 radical (unpaired) electrons. The van der Waals surface area contributed by atoms with Crippen molar-refractivity contribution in [3.05, 3.63) is 76.8 Å². The number of H-pyrrole nitrogens is 1. The van der Waals surface area contributed by atoms with Gasteiger partial charge in [-0.25, -0.2) is 4.98 Å². The number of benzene rings is 3. The van der Waals surface area contributed by atoms with Gasteiger partial charge >= 0.3 is 0 Å². The number of imidazole rings is 1. The molecule has 0 aliphatic carbocycles. The molecule has 1 heterocycles. The van der Waals surface area contributed by atoms with Gasteiger partial charge in [-0.05, 0) is 48.0 Å². The highest BCUT2D eigenvalue weighted by Gasteiger charge is 2.10. The van der Waals surface area contributed by atoms with E-state index in [4.69, 9.17) is 28.2 Å². The summed E-state index contributed by atoms with van der Waals surface area (Å²) in [5.41, 5.74) is 5.12. The van der Waals surface area contributed by atoms with Gasteiger partial charge < -0.3 is 4.98 Å². The van der Waals surface area contributed by atoms with Crippen molar-refractivity contribution in [3.8, 4) is 22.5 Å². The van der Waals surface area contributed by atoms with E-state index >= 15 is 0 Å². The summed E-state index contributed by atoms with van der Waals surface area (Å²) in [6, 6.07) is 21.6. The lowest BCUT2D eigenvalue weighted by Gasteiger charge is -2.02. The zero-order chi connectivity index (χ0) is 15.8. The molecule has 0 amide bonds. The van der Waals surface area contributed by atoms with Crippen LogP contribution in [-0.4, -0.2) is 9.97 Å². The van der Waals surface area contributed by atoms with Crippen LogP contribution in [0, 0.1) is 0 Å². The summed E-state index contributed by atoms with van der Waals surface area (Å²) in [5.74, 6) is 0.832. The number of hydrogen-bond donors (Lipinski definition) is 1. The Morgan fingerprint density at radius 2 is 1.30 bits per heavy atom. The van der Waals surface area contributed by atoms with Gasteiger partial charge in [0, 0.05) is 21.2 Å². The average molecular weight is 339 g/mol. The molecule has 4 rings (SSSR count). The number of aromatic amines is 1. The molecular weight excluding hydrogens is 327 g/mol. The number of halogens is 2. The molecule has 1 aromatic heterocycles. The highest BCUT2D eigenvalue weighted by molar-refractivity contribution is 6.31.